The van der Waals surface area contributed by atoms with E-state index in [4.69, 9.17) is 4.74 Å². The summed E-state index contributed by atoms with van der Waals surface area (Å²) in [7, 11) is 0. The minimum Gasteiger partial charge on any atom is -0.410 e. The Balaban J connectivity index is 2.10. The predicted octanol–water partition coefficient (Wildman–Crippen LogP) is 4.10. The van der Waals surface area contributed by atoms with Crippen LogP contribution in [0, 0.1) is 0 Å². The minimum absolute atomic E-state index is 0.0377. The van der Waals surface area contributed by atoms with Crippen LogP contribution in [0.2, 0.25) is 0 Å². The molecule has 0 aliphatic heterocycles. The van der Waals surface area contributed by atoms with Crippen LogP contribution in [-0.4, -0.2) is 15.6 Å². The Morgan fingerprint density at radius 3 is 2.32 bits per heavy atom. The number of carbonyl (C=O) groups is 1. The van der Waals surface area contributed by atoms with Gasteiger partial charge in [0.1, 0.15) is 5.75 Å². The lowest BCUT2D eigenvalue weighted by Gasteiger charge is -2.10. The molecule has 0 saturated carbocycles. The second-order valence-corrected chi connectivity index (χ2v) is 4.44. The number of nitrogens with zero attached hydrogens (tertiary/aromatic N) is 2. The number of benzene rings is 2. The minimum atomic E-state index is -4.77. The lowest BCUT2D eigenvalue weighted by molar-refractivity contribution is -0.145. The van der Waals surface area contributed by atoms with Gasteiger partial charge < -0.3 is 4.74 Å². The van der Waals surface area contributed by atoms with E-state index in [1.165, 1.54) is 30.3 Å². The molecule has 4 nitrogen and oxygen atoms in total. The van der Waals surface area contributed by atoms with Crippen molar-refractivity contribution >= 4 is 17.1 Å². The summed E-state index contributed by atoms with van der Waals surface area (Å²) < 4.78 is 44.7. The van der Waals surface area contributed by atoms with Gasteiger partial charge in [-0.3, -0.25) is 0 Å². The molecule has 1 heterocycles. The maximum absolute atomic E-state index is 13.1. The van der Waals surface area contributed by atoms with Crippen LogP contribution in [0.3, 0.4) is 0 Å². The number of imidazole rings is 1. The summed E-state index contributed by atoms with van der Waals surface area (Å²) in [5.41, 5.74) is 0.107. The van der Waals surface area contributed by atoms with E-state index < -0.39 is 18.1 Å². The number of carbonyl (C=O) groups excluding carboxylic acids is 1. The first kappa shape index (κ1) is 14.1. The molecule has 0 aliphatic rings. The van der Waals surface area contributed by atoms with Crippen LogP contribution in [-0.2, 0) is 6.18 Å². The van der Waals surface area contributed by atoms with Gasteiger partial charge in [0.2, 0.25) is 5.82 Å². The van der Waals surface area contributed by atoms with E-state index >= 15 is 0 Å². The highest BCUT2D eigenvalue weighted by Gasteiger charge is 2.39. The number of aromatic nitrogens is 2. The third-order valence-electron chi connectivity index (χ3n) is 2.95. The quantitative estimate of drug-likeness (QED) is 0.680. The molecule has 22 heavy (non-hydrogen) atoms. The molecule has 3 aromatic rings. The van der Waals surface area contributed by atoms with E-state index in [1.54, 1.807) is 24.3 Å². The van der Waals surface area contributed by atoms with Crippen LogP contribution in [0.4, 0.5) is 18.0 Å². The van der Waals surface area contributed by atoms with Crippen LogP contribution in [0.15, 0.2) is 54.6 Å². The molecule has 2 aromatic carbocycles. The summed E-state index contributed by atoms with van der Waals surface area (Å²) in [5, 5.41) is 0. The van der Waals surface area contributed by atoms with Gasteiger partial charge in [0, 0.05) is 0 Å². The number of hydrogen-bond donors (Lipinski definition) is 0. The van der Waals surface area contributed by atoms with Crippen molar-refractivity contribution in [3.8, 4) is 5.75 Å². The number of para-hydroxylation sites is 3. The van der Waals surface area contributed by atoms with Crippen molar-refractivity contribution in [3.63, 3.8) is 0 Å². The fourth-order valence-electron chi connectivity index (χ4n) is 2.04. The molecule has 0 unspecified atom stereocenters. The Morgan fingerprint density at radius 2 is 1.64 bits per heavy atom. The summed E-state index contributed by atoms with van der Waals surface area (Å²) in [6.45, 7) is 0. The molecule has 0 aliphatic carbocycles. The Kier molecular flexibility index (Phi) is 3.32. The molecule has 0 spiro atoms. The SMILES string of the molecule is O=C(Oc1ccccc1)n1c(C(F)(F)F)nc2ccccc21. The summed E-state index contributed by atoms with van der Waals surface area (Å²) in [6, 6.07) is 13.7. The van der Waals surface area contributed by atoms with Crippen molar-refractivity contribution in [3.05, 3.63) is 60.4 Å². The fourth-order valence-corrected chi connectivity index (χ4v) is 2.04. The lowest BCUT2D eigenvalue weighted by Crippen LogP contribution is -2.24. The lowest BCUT2D eigenvalue weighted by atomic mass is 10.3. The second-order valence-electron chi connectivity index (χ2n) is 4.44. The standard InChI is InChI=1S/C15H9F3N2O2/c16-15(17,18)13-19-11-8-4-5-9-12(11)20(13)14(21)22-10-6-2-1-3-7-10/h1-9H. The highest BCUT2D eigenvalue weighted by atomic mass is 19.4. The van der Waals surface area contributed by atoms with E-state index in [1.807, 2.05) is 0 Å². The van der Waals surface area contributed by atoms with Gasteiger partial charge in [-0.1, -0.05) is 30.3 Å². The molecule has 7 heteroatoms. The maximum Gasteiger partial charge on any atom is 0.450 e. The molecular formula is C15H9F3N2O2. The normalized spacial score (nSPS) is 11.6. The first-order valence-electron chi connectivity index (χ1n) is 6.29. The number of hydrogen-bond acceptors (Lipinski definition) is 3. The monoisotopic (exact) mass is 306 g/mol. The van der Waals surface area contributed by atoms with E-state index in [0.717, 1.165) is 0 Å². The van der Waals surface area contributed by atoms with Crippen LogP contribution in [0.5, 0.6) is 5.75 Å². The largest absolute Gasteiger partial charge is 0.450 e. The van der Waals surface area contributed by atoms with E-state index in [2.05, 4.69) is 4.98 Å². The number of halogens is 3. The molecule has 0 fully saturated rings. The molecular weight excluding hydrogens is 297 g/mol. The molecule has 0 amide bonds. The Bertz CT molecular complexity index is 826. The Morgan fingerprint density at radius 1 is 1.00 bits per heavy atom. The molecule has 0 radical (unpaired) electrons. The predicted molar refractivity (Wildman–Crippen MR) is 72.6 cm³/mol. The first-order chi connectivity index (χ1) is 10.5. The van der Waals surface area contributed by atoms with Crippen molar-refractivity contribution in [2.75, 3.05) is 0 Å². The second kappa shape index (κ2) is 5.18. The third kappa shape index (κ3) is 2.52. The number of alkyl halides is 3. The van der Waals surface area contributed by atoms with E-state index in [0.29, 0.717) is 4.57 Å². The molecule has 0 atom stereocenters. The average molecular weight is 306 g/mol. The first-order valence-corrected chi connectivity index (χ1v) is 6.29. The van der Waals surface area contributed by atoms with Crippen molar-refractivity contribution in [2.45, 2.75) is 6.18 Å². The average Bonchev–Trinajstić information content (AvgIpc) is 2.88. The van der Waals surface area contributed by atoms with Crippen molar-refractivity contribution in [1.82, 2.24) is 9.55 Å². The highest BCUT2D eigenvalue weighted by molar-refractivity contribution is 5.88. The van der Waals surface area contributed by atoms with Crippen LogP contribution < -0.4 is 4.74 Å². The number of ether oxygens (including phenoxy) is 1. The van der Waals surface area contributed by atoms with Crippen LogP contribution in [0.25, 0.3) is 11.0 Å². The molecule has 112 valence electrons. The third-order valence-corrected chi connectivity index (χ3v) is 2.95. The Labute approximate surface area is 122 Å². The summed E-state index contributed by atoms with van der Waals surface area (Å²) >= 11 is 0. The number of rotatable bonds is 1. The van der Waals surface area contributed by atoms with Gasteiger partial charge in [0.05, 0.1) is 11.0 Å². The van der Waals surface area contributed by atoms with Crippen LogP contribution in [0.1, 0.15) is 5.82 Å². The zero-order valence-corrected chi connectivity index (χ0v) is 11.0. The number of fused-ring (bicyclic) bond motifs is 1. The summed E-state index contributed by atoms with van der Waals surface area (Å²) in [6.07, 6.45) is -5.93. The highest BCUT2D eigenvalue weighted by Crippen LogP contribution is 2.31. The Hall–Kier alpha value is -2.83. The smallest absolute Gasteiger partial charge is 0.410 e. The van der Waals surface area contributed by atoms with E-state index in [-0.39, 0.29) is 16.8 Å². The molecule has 1 aromatic heterocycles. The zero-order chi connectivity index (χ0) is 15.7. The maximum atomic E-state index is 13.1. The van der Waals surface area contributed by atoms with Crippen molar-refractivity contribution in [1.29, 1.82) is 0 Å². The van der Waals surface area contributed by atoms with Gasteiger partial charge in [-0.15, -0.1) is 0 Å². The van der Waals surface area contributed by atoms with Gasteiger partial charge >= 0.3 is 12.3 Å². The van der Waals surface area contributed by atoms with Crippen molar-refractivity contribution in [2.24, 2.45) is 0 Å². The molecule has 0 saturated heterocycles. The van der Waals surface area contributed by atoms with Crippen LogP contribution >= 0.6 is 0 Å². The summed E-state index contributed by atoms with van der Waals surface area (Å²) in [4.78, 5) is 15.6. The molecule has 3 rings (SSSR count). The molecule has 0 N–H and O–H groups in total. The summed E-state index contributed by atoms with van der Waals surface area (Å²) in [5.74, 6) is -1.16. The fraction of sp³-hybridized carbons (Fsp3) is 0.0667. The van der Waals surface area contributed by atoms with E-state index in [9.17, 15) is 18.0 Å². The topological polar surface area (TPSA) is 44.1 Å². The van der Waals surface area contributed by atoms with Gasteiger partial charge in [0.25, 0.3) is 0 Å². The molecule has 0 bridgehead atoms. The van der Waals surface area contributed by atoms with Gasteiger partial charge in [-0.25, -0.2) is 14.3 Å². The zero-order valence-electron chi connectivity index (χ0n) is 11.0. The van der Waals surface area contributed by atoms with Gasteiger partial charge in [-0.05, 0) is 24.3 Å². The van der Waals surface area contributed by atoms with Crippen molar-refractivity contribution < 1.29 is 22.7 Å². The van der Waals surface area contributed by atoms with Gasteiger partial charge in [-0.2, -0.15) is 13.2 Å². The van der Waals surface area contributed by atoms with Gasteiger partial charge in [0.15, 0.2) is 0 Å².